The molecule has 0 aliphatic carbocycles. The second kappa shape index (κ2) is 18.2. The fraction of sp³-hybridized carbons (Fsp3) is 0.647. The molecular formula is C34H55N5O8. The van der Waals surface area contributed by atoms with Crippen LogP contribution >= 0.6 is 0 Å². The molecule has 0 aromatic heterocycles. The average molecular weight is 662 g/mol. The number of hydrogen-bond donors (Lipinski definition) is 5. The fourth-order valence-corrected chi connectivity index (χ4v) is 4.50. The maximum absolute atomic E-state index is 13.7. The third-order valence-electron chi connectivity index (χ3n) is 7.33. The van der Waals surface area contributed by atoms with Gasteiger partial charge in [0.25, 0.3) is 0 Å². The molecule has 0 bridgehead atoms. The molecule has 0 saturated carbocycles. The molecule has 0 spiro atoms. The van der Waals surface area contributed by atoms with E-state index in [1.54, 1.807) is 52.0 Å². The van der Waals surface area contributed by atoms with Gasteiger partial charge in [-0.15, -0.1) is 0 Å². The molecule has 5 N–H and O–H groups in total. The summed E-state index contributed by atoms with van der Waals surface area (Å²) in [6.45, 7) is 17.0. The van der Waals surface area contributed by atoms with E-state index in [9.17, 15) is 28.8 Å². The Morgan fingerprint density at radius 1 is 0.766 bits per heavy atom. The number of esters is 1. The summed E-state index contributed by atoms with van der Waals surface area (Å²) < 4.78 is 10.0. The monoisotopic (exact) mass is 661 g/mol. The van der Waals surface area contributed by atoms with E-state index in [-0.39, 0.29) is 24.7 Å². The van der Waals surface area contributed by atoms with Crippen molar-refractivity contribution in [3.63, 3.8) is 0 Å². The lowest BCUT2D eigenvalue weighted by Gasteiger charge is -2.32. The van der Waals surface area contributed by atoms with Crippen molar-refractivity contribution >= 4 is 35.7 Å². The molecule has 0 aliphatic rings. The largest absolute Gasteiger partial charge is 0.467 e. The van der Waals surface area contributed by atoms with Crippen LogP contribution in [0, 0.1) is 11.8 Å². The minimum absolute atomic E-state index is 0.0303. The Labute approximate surface area is 279 Å². The lowest BCUT2D eigenvalue weighted by atomic mass is 9.95. The molecular weight excluding hydrogens is 606 g/mol. The summed E-state index contributed by atoms with van der Waals surface area (Å²) in [6.07, 6.45) is 0.157. The van der Waals surface area contributed by atoms with Crippen molar-refractivity contribution in [1.82, 2.24) is 26.6 Å². The Bertz CT molecular complexity index is 1230. The van der Waals surface area contributed by atoms with Crippen LogP contribution in [0.2, 0.25) is 0 Å². The normalized spacial score (nSPS) is 14.8. The number of ether oxygens (including phenoxy) is 2. The van der Waals surface area contributed by atoms with Gasteiger partial charge in [0, 0.05) is 6.42 Å². The highest BCUT2D eigenvalue weighted by Crippen LogP contribution is 2.15. The zero-order valence-electron chi connectivity index (χ0n) is 29.7. The highest BCUT2D eigenvalue weighted by molar-refractivity contribution is 5.97. The summed E-state index contributed by atoms with van der Waals surface area (Å²) in [5.74, 6) is -3.40. The predicted octanol–water partition coefficient (Wildman–Crippen LogP) is 2.76. The van der Waals surface area contributed by atoms with Gasteiger partial charge in [-0.1, -0.05) is 64.4 Å². The molecule has 0 fully saturated rings. The third-order valence-corrected chi connectivity index (χ3v) is 7.33. The van der Waals surface area contributed by atoms with Crippen LogP contribution in [0.1, 0.15) is 87.6 Å². The molecule has 47 heavy (non-hydrogen) atoms. The van der Waals surface area contributed by atoms with E-state index in [1.165, 1.54) is 27.9 Å². The van der Waals surface area contributed by atoms with Crippen LogP contribution in [0.15, 0.2) is 30.3 Å². The Hall–Kier alpha value is -4.16. The number of nitrogens with one attached hydrogen (secondary N) is 5. The SMILES string of the molecule is CC[C@H](C)[C@H](NC(=O)OC(C)(C)C)C(=O)NC(C)(C)C(=O)N[C@@H](CC(C)C)C(=O)N[C@@H](Cc1ccccc1)C(=O)N[C@@H](C)C(=O)OC. The molecule has 0 unspecified atom stereocenters. The molecule has 5 atom stereocenters. The van der Waals surface area contributed by atoms with Crippen LogP contribution in [-0.2, 0) is 39.9 Å². The van der Waals surface area contributed by atoms with Gasteiger partial charge < -0.3 is 36.1 Å². The van der Waals surface area contributed by atoms with Gasteiger partial charge in [0.2, 0.25) is 23.6 Å². The average Bonchev–Trinajstić information content (AvgIpc) is 2.97. The molecule has 1 aromatic rings. The zero-order chi connectivity index (χ0) is 36.1. The number of alkyl carbamates (subject to hydrolysis) is 1. The topological polar surface area (TPSA) is 181 Å². The van der Waals surface area contributed by atoms with E-state index in [2.05, 4.69) is 26.6 Å². The maximum Gasteiger partial charge on any atom is 0.408 e. The summed E-state index contributed by atoms with van der Waals surface area (Å²) in [4.78, 5) is 78.3. The first kappa shape index (κ1) is 40.9. The summed E-state index contributed by atoms with van der Waals surface area (Å²) in [5, 5.41) is 13.4. The van der Waals surface area contributed by atoms with Crippen molar-refractivity contribution in [2.24, 2.45) is 11.8 Å². The van der Waals surface area contributed by atoms with Gasteiger partial charge >= 0.3 is 12.1 Å². The van der Waals surface area contributed by atoms with Gasteiger partial charge in [0.05, 0.1) is 7.11 Å². The highest BCUT2D eigenvalue weighted by Gasteiger charge is 2.37. The second-order valence-electron chi connectivity index (χ2n) is 13.8. The Morgan fingerprint density at radius 3 is 1.85 bits per heavy atom. The number of carbonyl (C=O) groups excluding carboxylic acids is 6. The number of hydrogen-bond acceptors (Lipinski definition) is 8. The lowest BCUT2D eigenvalue weighted by Crippen LogP contribution is -2.63. The van der Waals surface area contributed by atoms with Crippen molar-refractivity contribution in [3.8, 4) is 0 Å². The van der Waals surface area contributed by atoms with Crippen molar-refractivity contribution < 1.29 is 38.2 Å². The highest BCUT2D eigenvalue weighted by atomic mass is 16.6. The van der Waals surface area contributed by atoms with Crippen LogP contribution in [-0.4, -0.2) is 78.1 Å². The molecule has 0 heterocycles. The molecule has 1 rings (SSSR count). The van der Waals surface area contributed by atoms with Crippen molar-refractivity contribution in [2.45, 2.75) is 124 Å². The van der Waals surface area contributed by atoms with Crippen LogP contribution in [0.25, 0.3) is 0 Å². The maximum atomic E-state index is 13.7. The number of carbonyl (C=O) groups is 6. The standard InChI is InChI=1S/C34H55N5O8/c1-12-21(4)26(38-32(45)47-33(6,7)8)29(42)39-34(9,10)31(44)37-24(18-20(2)3)28(41)36-25(19-23-16-14-13-15-17-23)27(40)35-22(5)30(43)46-11/h13-17,20-22,24-26H,12,18-19H2,1-11H3,(H,35,40)(H,36,41)(H,37,44)(H,38,45)(H,39,42)/t21-,22-,24-,25-,26-/m0/s1. The van der Waals surface area contributed by atoms with Gasteiger partial charge in [-0.25, -0.2) is 9.59 Å². The minimum Gasteiger partial charge on any atom is -0.467 e. The molecule has 1 aromatic carbocycles. The predicted molar refractivity (Wildman–Crippen MR) is 178 cm³/mol. The summed E-state index contributed by atoms with van der Waals surface area (Å²) in [5.41, 5.74) is -1.50. The molecule has 13 nitrogen and oxygen atoms in total. The molecule has 0 saturated heterocycles. The van der Waals surface area contributed by atoms with E-state index in [0.717, 1.165) is 5.56 Å². The molecule has 0 aliphatic heterocycles. The van der Waals surface area contributed by atoms with Crippen molar-refractivity contribution in [1.29, 1.82) is 0 Å². The summed E-state index contributed by atoms with van der Waals surface area (Å²) in [7, 11) is 1.21. The van der Waals surface area contributed by atoms with E-state index < -0.39 is 71.0 Å². The Balaban J connectivity index is 3.19. The third kappa shape index (κ3) is 14.4. The van der Waals surface area contributed by atoms with E-state index in [0.29, 0.717) is 6.42 Å². The first-order valence-corrected chi connectivity index (χ1v) is 16.1. The Morgan fingerprint density at radius 2 is 1.34 bits per heavy atom. The van der Waals surface area contributed by atoms with Gasteiger partial charge in [-0.3, -0.25) is 19.2 Å². The van der Waals surface area contributed by atoms with Crippen molar-refractivity contribution in [2.75, 3.05) is 7.11 Å². The van der Waals surface area contributed by atoms with Crippen molar-refractivity contribution in [3.05, 3.63) is 35.9 Å². The van der Waals surface area contributed by atoms with Gasteiger partial charge in [0.15, 0.2) is 0 Å². The van der Waals surface area contributed by atoms with Gasteiger partial charge in [-0.05, 0) is 65.4 Å². The van der Waals surface area contributed by atoms with Crippen LogP contribution < -0.4 is 26.6 Å². The first-order chi connectivity index (χ1) is 21.7. The molecule has 0 radical (unpaired) electrons. The van der Waals surface area contributed by atoms with Crippen LogP contribution in [0.5, 0.6) is 0 Å². The number of rotatable bonds is 16. The Kier molecular flexibility index (Phi) is 15.9. The quantitative estimate of drug-likeness (QED) is 0.168. The van der Waals surface area contributed by atoms with Crippen LogP contribution in [0.4, 0.5) is 4.79 Å². The number of benzene rings is 1. The van der Waals surface area contributed by atoms with Crippen LogP contribution in [0.3, 0.4) is 0 Å². The van der Waals surface area contributed by atoms with Gasteiger partial charge in [-0.2, -0.15) is 0 Å². The van der Waals surface area contributed by atoms with E-state index >= 15 is 0 Å². The smallest absolute Gasteiger partial charge is 0.408 e. The molecule has 13 heteroatoms. The fourth-order valence-electron chi connectivity index (χ4n) is 4.50. The number of amides is 5. The second-order valence-corrected chi connectivity index (χ2v) is 13.8. The lowest BCUT2D eigenvalue weighted by molar-refractivity contribution is -0.144. The van der Waals surface area contributed by atoms with E-state index in [4.69, 9.17) is 9.47 Å². The van der Waals surface area contributed by atoms with E-state index in [1.807, 2.05) is 26.8 Å². The summed E-state index contributed by atoms with van der Waals surface area (Å²) >= 11 is 0. The molecule has 264 valence electrons. The molecule has 5 amide bonds. The minimum atomic E-state index is -1.50. The van der Waals surface area contributed by atoms with Gasteiger partial charge in [0.1, 0.15) is 35.3 Å². The first-order valence-electron chi connectivity index (χ1n) is 16.1. The zero-order valence-corrected chi connectivity index (χ0v) is 29.7. The summed E-state index contributed by atoms with van der Waals surface area (Å²) in [6, 6.07) is 4.96. The number of methoxy groups -OCH3 is 1.